The lowest BCUT2D eigenvalue weighted by Crippen LogP contribution is -2.32. The Hall–Kier alpha value is 0.210. The van der Waals surface area contributed by atoms with E-state index in [0.29, 0.717) is 11.7 Å². The fraction of sp³-hybridized carbons (Fsp3) is 0.833. The summed E-state index contributed by atoms with van der Waals surface area (Å²) in [6.07, 6.45) is 3.49. The fourth-order valence-electron chi connectivity index (χ4n) is 2.90. The molecule has 0 amide bonds. The Labute approximate surface area is 117 Å². The lowest BCUT2D eigenvalue weighted by Gasteiger charge is -2.32. The number of alkyl halides is 3. The van der Waals surface area contributed by atoms with E-state index in [1.165, 1.54) is 6.42 Å². The van der Waals surface area contributed by atoms with Gasteiger partial charge in [0.15, 0.2) is 6.29 Å². The van der Waals surface area contributed by atoms with Crippen LogP contribution in [0.5, 0.6) is 0 Å². The predicted octanol–water partition coefficient (Wildman–Crippen LogP) is 3.96. The Balaban J connectivity index is 0.000000209. The second-order valence-corrected chi connectivity index (χ2v) is 7.95. The van der Waals surface area contributed by atoms with Gasteiger partial charge in [-0.2, -0.15) is 0 Å². The van der Waals surface area contributed by atoms with E-state index >= 15 is 0 Å². The molecule has 2 aliphatic carbocycles. The van der Waals surface area contributed by atoms with E-state index in [1.807, 2.05) is 0 Å². The first kappa shape index (κ1) is 15.3. The molecule has 0 radical (unpaired) electrons. The van der Waals surface area contributed by atoms with Gasteiger partial charge in [0.25, 0.3) is 0 Å². The molecule has 2 saturated carbocycles. The highest BCUT2D eigenvalue weighted by atomic mass is 35.6. The molecule has 2 nitrogen and oxygen atoms in total. The summed E-state index contributed by atoms with van der Waals surface area (Å²) >= 11 is 14.6. The number of rotatable bonds is 0. The minimum Gasteiger partial charge on any atom is -0.299 e. The van der Waals surface area contributed by atoms with Crippen LogP contribution in [0.2, 0.25) is 0 Å². The van der Waals surface area contributed by atoms with Gasteiger partial charge in [0.2, 0.25) is 3.79 Å². The smallest absolute Gasteiger partial charge is 0.245 e. The minimum atomic E-state index is -1.72. The lowest BCUT2D eigenvalue weighted by atomic mass is 9.70. The maximum Gasteiger partial charge on any atom is 0.245 e. The Bertz CT molecular complexity index is 333. The summed E-state index contributed by atoms with van der Waals surface area (Å²) in [7, 11) is 0. The zero-order valence-corrected chi connectivity index (χ0v) is 12.5. The van der Waals surface area contributed by atoms with Crippen LogP contribution in [-0.4, -0.2) is 15.9 Å². The van der Waals surface area contributed by atoms with Gasteiger partial charge in [0, 0.05) is 11.8 Å². The van der Waals surface area contributed by atoms with Gasteiger partial charge in [0.05, 0.1) is 0 Å². The van der Waals surface area contributed by atoms with Gasteiger partial charge < -0.3 is 0 Å². The molecule has 5 heteroatoms. The summed E-state index contributed by atoms with van der Waals surface area (Å²) in [5.74, 6) is 1.19. The molecular weight excluding hydrogens is 282 g/mol. The maximum absolute atomic E-state index is 11.6. The topological polar surface area (TPSA) is 34.1 Å². The summed E-state index contributed by atoms with van der Waals surface area (Å²) in [5, 5.41) is 0. The van der Waals surface area contributed by atoms with Crippen molar-refractivity contribution >= 4 is 46.9 Å². The standard InChI is InChI=1S/C10H16O.C2HCl3O/c1-9(2)7-4-5-10(9,3)8(11)6-7;3-2(4,5)1-6/h7H,4-6H2,1-3H3;1H. The van der Waals surface area contributed by atoms with E-state index in [9.17, 15) is 9.59 Å². The molecule has 0 heterocycles. The molecule has 2 rings (SSSR count). The zero-order valence-electron chi connectivity index (χ0n) is 10.2. The van der Waals surface area contributed by atoms with Crippen LogP contribution in [0.1, 0.15) is 40.0 Å². The number of carbonyl (C=O) groups is 2. The SMILES string of the molecule is CC12CCC(CC1=O)C2(C)C.O=CC(Cl)(Cl)Cl. The predicted molar refractivity (Wildman–Crippen MR) is 70.6 cm³/mol. The average Bonchev–Trinajstić information content (AvgIpc) is 2.50. The van der Waals surface area contributed by atoms with Crippen LogP contribution in [0.4, 0.5) is 0 Å². The van der Waals surface area contributed by atoms with Gasteiger partial charge in [0.1, 0.15) is 5.78 Å². The van der Waals surface area contributed by atoms with Crippen LogP contribution < -0.4 is 0 Å². The quantitative estimate of drug-likeness (QED) is 0.501. The highest BCUT2D eigenvalue weighted by Gasteiger charge is 2.61. The number of ketones is 1. The number of hydrogen-bond donors (Lipinski definition) is 0. The molecule has 98 valence electrons. The second-order valence-electron chi connectivity index (χ2n) is 5.58. The molecule has 17 heavy (non-hydrogen) atoms. The van der Waals surface area contributed by atoms with Gasteiger partial charge in [-0.15, -0.1) is 0 Å². The molecule has 0 aromatic rings. The van der Waals surface area contributed by atoms with Crippen LogP contribution in [0.15, 0.2) is 0 Å². The molecule has 0 aromatic carbocycles. The van der Waals surface area contributed by atoms with E-state index < -0.39 is 3.79 Å². The number of Topliss-reactive ketones (excluding diaryl/α,β-unsaturated/α-hetero) is 1. The molecule has 0 aliphatic heterocycles. The zero-order chi connectivity index (χ0) is 13.5. The van der Waals surface area contributed by atoms with Crippen LogP contribution in [-0.2, 0) is 9.59 Å². The van der Waals surface area contributed by atoms with Gasteiger partial charge >= 0.3 is 0 Å². The number of carbonyl (C=O) groups excluding carboxylic acids is 2. The number of fused-ring (bicyclic) bond motifs is 2. The molecule has 2 atom stereocenters. The Morgan fingerprint density at radius 1 is 1.29 bits per heavy atom. The molecule has 2 bridgehead atoms. The first-order valence-electron chi connectivity index (χ1n) is 5.61. The van der Waals surface area contributed by atoms with Crippen molar-refractivity contribution in [1.29, 1.82) is 0 Å². The monoisotopic (exact) mass is 298 g/mol. The molecule has 0 saturated heterocycles. The van der Waals surface area contributed by atoms with E-state index in [0.717, 1.165) is 12.8 Å². The van der Waals surface area contributed by atoms with E-state index in [1.54, 1.807) is 0 Å². The summed E-state index contributed by atoms with van der Waals surface area (Å²) in [5.41, 5.74) is 0.307. The average molecular weight is 300 g/mol. The van der Waals surface area contributed by atoms with Crippen LogP contribution in [0.25, 0.3) is 0 Å². The normalized spacial score (nSPS) is 34.2. The third-order valence-corrected chi connectivity index (χ3v) is 4.88. The number of halogens is 3. The highest BCUT2D eigenvalue weighted by Crippen LogP contribution is 2.63. The molecule has 0 N–H and O–H groups in total. The fourth-order valence-corrected chi connectivity index (χ4v) is 2.90. The molecular formula is C12H17Cl3O2. The third-order valence-electron chi connectivity index (χ3n) is 4.62. The van der Waals surface area contributed by atoms with Gasteiger partial charge in [-0.05, 0) is 24.2 Å². The summed E-state index contributed by atoms with van der Waals surface area (Å²) in [6, 6.07) is 0. The maximum atomic E-state index is 11.6. The van der Waals surface area contributed by atoms with Crippen LogP contribution in [0.3, 0.4) is 0 Å². The van der Waals surface area contributed by atoms with Gasteiger partial charge in [-0.3, -0.25) is 9.59 Å². The van der Waals surface area contributed by atoms with E-state index in [2.05, 4.69) is 20.8 Å². The summed E-state index contributed by atoms with van der Waals surface area (Å²) < 4.78 is -1.72. The number of aldehydes is 1. The van der Waals surface area contributed by atoms with E-state index in [4.69, 9.17) is 34.8 Å². The Morgan fingerprint density at radius 2 is 1.76 bits per heavy atom. The summed E-state index contributed by atoms with van der Waals surface area (Å²) in [6.45, 7) is 6.67. The van der Waals surface area contributed by atoms with Crippen molar-refractivity contribution in [1.82, 2.24) is 0 Å². The van der Waals surface area contributed by atoms with Crippen molar-refractivity contribution in [2.24, 2.45) is 16.7 Å². The second kappa shape index (κ2) is 4.71. The van der Waals surface area contributed by atoms with Gasteiger partial charge in [-0.25, -0.2) is 0 Å². The largest absolute Gasteiger partial charge is 0.299 e. The molecule has 2 unspecified atom stereocenters. The van der Waals surface area contributed by atoms with Crippen molar-refractivity contribution in [2.45, 2.75) is 43.8 Å². The van der Waals surface area contributed by atoms with Crippen LogP contribution >= 0.6 is 34.8 Å². The molecule has 0 spiro atoms. The van der Waals surface area contributed by atoms with Crippen molar-refractivity contribution in [3.63, 3.8) is 0 Å². The Morgan fingerprint density at radius 3 is 1.88 bits per heavy atom. The van der Waals surface area contributed by atoms with Crippen molar-refractivity contribution in [3.8, 4) is 0 Å². The first-order chi connectivity index (χ1) is 7.54. The van der Waals surface area contributed by atoms with Crippen molar-refractivity contribution < 1.29 is 9.59 Å². The van der Waals surface area contributed by atoms with Crippen molar-refractivity contribution in [3.05, 3.63) is 0 Å². The first-order valence-corrected chi connectivity index (χ1v) is 6.74. The minimum absolute atomic E-state index is 0.0255. The molecule has 2 aliphatic rings. The molecule has 2 fully saturated rings. The van der Waals surface area contributed by atoms with Gasteiger partial charge in [-0.1, -0.05) is 55.6 Å². The van der Waals surface area contributed by atoms with Crippen LogP contribution in [0, 0.1) is 16.7 Å². The molecule has 0 aromatic heterocycles. The van der Waals surface area contributed by atoms with E-state index in [-0.39, 0.29) is 17.1 Å². The summed E-state index contributed by atoms with van der Waals surface area (Å²) in [4.78, 5) is 21.0. The third kappa shape index (κ3) is 2.80. The highest BCUT2D eigenvalue weighted by molar-refractivity contribution is 6.74. The number of hydrogen-bond acceptors (Lipinski definition) is 2. The van der Waals surface area contributed by atoms with Crippen molar-refractivity contribution in [2.75, 3.05) is 0 Å². The lowest BCUT2D eigenvalue weighted by molar-refractivity contribution is -0.128. The Kier molecular flexibility index (Phi) is 4.23.